The fourth-order valence-corrected chi connectivity index (χ4v) is 2.35. The van der Waals surface area contributed by atoms with Gasteiger partial charge in [-0.15, -0.1) is 24.0 Å². The zero-order chi connectivity index (χ0) is 16.7. The lowest BCUT2D eigenvalue weighted by atomic mass is 9.99. The highest BCUT2D eigenvalue weighted by molar-refractivity contribution is 14.0. The van der Waals surface area contributed by atoms with Gasteiger partial charge in [0.05, 0.1) is 18.8 Å². The first kappa shape index (κ1) is 20.4. The van der Waals surface area contributed by atoms with Crippen LogP contribution < -0.4 is 10.6 Å². The Morgan fingerprint density at radius 3 is 2.58 bits per heavy atom. The van der Waals surface area contributed by atoms with Crippen molar-refractivity contribution in [1.82, 2.24) is 30.6 Å². The molecule has 0 aromatic carbocycles. The molecule has 2 N–H and O–H groups in total. The van der Waals surface area contributed by atoms with Gasteiger partial charge < -0.3 is 15.2 Å². The number of halogens is 1. The molecule has 0 bridgehead atoms. The predicted octanol–water partition coefficient (Wildman–Crippen LogP) is 2.19. The van der Waals surface area contributed by atoms with Crippen molar-refractivity contribution in [1.29, 1.82) is 0 Å². The zero-order valence-corrected chi connectivity index (χ0v) is 16.9. The molecule has 0 aliphatic rings. The Morgan fingerprint density at radius 1 is 1.29 bits per heavy atom. The Hall–Kier alpha value is -1.65. The van der Waals surface area contributed by atoms with E-state index in [1.54, 1.807) is 11.7 Å². The van der Waals surface area contributed by atoms with Crippen LogP contribution >= 0.6 is 24.0 Å². The normalized spacial score (nSPS) is 11.5. The van der Waals surface area contributed by atoms with Gasteiger partial charge in [0.15, 0.2) is 11.7 Å². The summed E-state index contributed by atoms with van der Waals surface area (Å²) in [5.74, 6) is 2.77. The van der Waals surface area contributed by atoms with Crippen molar-refractivity contribution in [3.63, 3.8) is 0 Å². The summed E-state index contributed by atoms with van der Waals surface area (Å²) in [7, 11) is 3.58. The number of rotatable bonds is 7. The number of hydrogen-bond donors (Lipinski definition) is 2. The van der Waals surface area contributed by atoms with Gasteiger partial charge in [-0.25, -0.2) is 4.98 Å². The van der Waals surface area contributed by atoms with Gasteiger partial charge in [-0.05, 0) is 12.8 Å². The number of aliphatic imine (C=N–C) groups is 1. The van der Waals surface area contributed by atoms with Gasteiger partial charge in [0.2, 0.25) is 0 Å². The monoisotopic (exact) mass is 447 g/mol. The van der Waals surface area contributed by atoms with E-state index in [4.69, 9.17) is 4.52 Å². The van der Waals surface area contributed by atoms with Crippen LogP contribution in [-0.2, 0) is 20.1 Å². The van der Waals surface area contributed by atoms with Crippen molar-refractivity contribution < 1.29 is 4.52 Å². The van der Waals surface area contributed by atoms with Crippen LogP contribution in [0.3, 0.4) is 0 Å². The molecule has 0 saturated carbocycles. The molecule has 0 spiro atoms. The van der Waals surface area contributed by atoms with E-state index in [2.05, 4.69) is 44.7 Å². The van der Waals surface area contributed by atoms with Crippen LogP contribution in [0.2, 0.25) is 0 Å². The van der Waals surface area contributed by atoms with Gasteiger partial charge in [0, 0.05) is 26.1 Å². The maximum Gasteiger partial charge on any atom is 0.191 e. The van der Waals surface area contributed by atoms with Crippen molar-refractivity contribution >= 4 is 29.9 Å². The van der Waals surface area contributed by atoms with E-state index in [0.717, 1.165) is 30.1 Å². The van der Waals surface area contributed by atoms with Gasteiger partial charge in [-0.2, -0.15) is 5.10 Å². The fraction of sp³-hybridized carbons (Fsp3) is 0.600. The second-order valence-corrected chi connectivity index (χ2v) is 5.31. The van der Waals surface area contributed by atoms with E-state index in [-0.39, 0.29) is 24.0 Å². The molecular formula is C15H26IN7O. The van der Waals surface area contributed by atoms with E-state index >= 15 is 0 Å². The predicted molar refractivity (Wildman–Crippen MR) is 103 cm³/mol. The number of nitrogens with one attached hydrogen (secondary N) is 2. The van der Waals surface area contributed by atoms with E-state index < -0.39 is 0 Å². The van der Waals surface area contributed by atoms with Crippen LogP contribution in [0, 0.1) is 0 Å². The third-order valence-corrected chi connectivity index (χ3v) is 3.85. The van der Waals surface area contributed by atoms with Crippen LogP contribution in [0.1, 0.15) is 49.9 Å². The first-order valence-electron chi connectivity index (χ1n) is 7.90. The highest BCUT2D eigenvalue weighted by Crippen LogP contribution is 2.22. The first-order valence-corrected chi connectivity index (χ1v) is 7.90. The van der Waals surface area contributed by atoms with Crippen LogP contribution in [0.4, 0.5) is 0 Å². The highest BCUT2D eigenvalue weighted by atomic mass is 127. The van der Waals surface area contributed by atoms with Crippen molar-refractivity contribution in [3.05, 3.63) is 29.7 Å². The summed E-state index contributed by atoms with van der Waals surface area (Å²) in [6.45, 7) is 5.41. The molecule has 0 aliphatic carbocycles. The van der Waals surface area contributed by atoms with E-state index in [1.165, 1.54) is 6.33 Å². The maximum atomic E-state index is 5.39. The molecule has 2 aromatic heterocycles. The Kier molecular flexibility index (Phi) is 8.72. The molecule has 2 heterocycles. The highest BCUT2D eigenvalue weighted by Gasteiger charge is 2.13. The summed E-state index contributed by atoms with van der Waals surface area (Å²) in [4.78, 5) is 8.34. The van der Waals surface area contributed by atoms with E-state index in [9.17, 15) is 0 Å². The Morgan fingerprint density at radius 2 is 2.00 bits per heavy atom. The van der Waals surface area contributed by atoms with Crippen LogP contribution in [0.5, 0.6) is 0 Å². The minimum atomic E-state index is 0. The van der Waals surface area contributed by atoms with Crippen molar-refractivity contribution in [2.24, 2.45) is 12.0 Å². The Balaban J connectivity index is 0.00000288. The van der Waals surface area contributed by atoms with E-state index in [1.807, 2.05) is 13.1 Å². The largest absolute Gasteiger partial charge is 0.359 e. The third-order valence-electron chi connectivity index (χ3n) is 3.85. The van der Waals surface area contributed by atoms with Crippen LogP contribution in [-0.4, -0.2) is 32.9 Å². The standard InChI is InChI=1S/C15H25N7O.HI/c1-5-11(6-2)13-7-12(23-21-13)8-17-15(16-3)18-9-14-19-10-20-22(14)4;/h7,10-11H,5-6,8-9H2,1-4H3,(H2,16,17,18);1H. The lowest BCUT2D eigenvalue weighted by molar-refractivity contribution is 0.368. The average Bonchev–Trinajstić information content (AvgIpc) is 3.18. The molecule has 0 aliphatic heterocycles. The van der Waals surface area contributed by atoms with Crippen molar-refractivity contribution in [3.8, 4) is 0 Å². The fourth-order valence-electron chi connectivity index (χ4n) is 2.35. The maximum absolute atomic E-state index is 5.39. The summed E-state index contributed by atoms with van der Waals surface area (Å²) >= 11 is 0. The number of nitrogens with zero attached hydrogens (tertiary/aromatic N) is 5. The van der Waals surface area contributed by atoms with Crippen molar-refractivity contribution in [2.75, 3.05) is 7.05 Å². The average molecular weight is 447 g/mol. The lowest BCUT2D eigenvalue weighted by Crippen LogP contribution is -2.36. The summed E-state index contributed by atoms with van der Waals surface area (Å²) in [6.07, 6.45) is 3.66. The summed E-state index contributed by atoms with van der Waals surface area (Å²) in [5, 5.41) is 14.6. The quantitative estimate of drug-likeness (QED) is 0.384. The van der Waals surface area contributed by atoms with Gasteiger partial charge in [0.25, 0.3) is 0 Å². The SMILES string of the molecule is CCC(CC)c1cc(CNC(=NC)NCc2ncnn2C)on1.I. The molecule has 24 heavy (non-hydrogen) atoms. The zero-order valence-electron chi connectivity index (χ0n) is 14.6. The van der Waals surface area contributed by atoms with Crippen molar-refractivity contribution in [2.45, 2.75) is 45.7 Å². The third kappa shape index (κ3) is 5.46. The number of guanidine groups is 1. The molecule has 0 unspecified atom stereocenters. The second-order valence-electron chi connectivity index (χ2n) is 5.31. The molecule has 0 fully saturated rings. The Labute approximate surface area is 159 Å². The van der Waals surface area contributed by atoms with Gasteiger partial charge >= 0.3 is 0 Å². The first-order chi connectivity index (χ1) is 11.2. The number of hydrogen-bond acceptors (Lipinski definition) is 5. The minimum absolute atomic E-state index is 0. The molecule has 0 atom stereocenters. The second kappa shape index (κ2) is 10.3. The molecule has 0 saturated heterocycles. The summed E-state index contributed by atoms with van der Waals surface area (Å²) < 4.78 is 7.11. The number of aromatic nitrogens is 4. The summed E-state index contributed by atoms with van der Waals surface area (Å²) in [6, 6.07) is 2.01. The van der Waals surface area contributed by atoms with Crippen LogP contribution in [0.25, 0.3) is 0 Å². The number of aryl methyl sites for hydroxylation is 1. The van der Waals surface area contributed by atoms with Gasteiger partial charge in [-0.1, -0.05) is 19.0 Å². The lowest BCUT2D eigenvalue weighted by Gasteiger charge is -2.10. The van der Waals surface area contributed by atoms with Gasteiger partial charge in [0.1, 0.15) is 12.2 Å². The van der Waals surface area contributed by atoms with E-state index in [0.29, 0.717) is 25.0 Å². The molecular weight excluding hydrogens is 421 g/mol. The molecule has 9 heteroatoms. The smallest absolute Gasteiger partial charge is 0.191 e. The molecule has 8 nitrogen and oxygen atoms in total. The van der Waals surface area contributed by atoms with Gasteiger partial charge in [-0.3, -0.25) is 9.67 Å². The van der Waals surface area contributed by atoms with Crippen LogP contribution in [0.15, 0.2) is 21.9 Å². The molecule has 0 radical (unpaired) electrons. The minimum Gasteiger partial charge on any atom is -0.359 e. The molecule has 0 amide bonds. The summed E-state index contributed by atoms with van der Waals surface area (Å²) in [5.41, 5.74) is 1.02. The molecule has 134 valence electrons. The topological polar surface area (TPSA) is 93.2 Å². The molecule has 2 aromatic rings. The Bertz CT molecular complexity index is 633. The molecule has 2 rings (SSSR count).